The second-order valence-electron chi connectivity index (χ2n) is 5.12. The number of nitrogens with zero attached hydrogens (tertiary/aromatic N) is 1. The van der Waals surface area contributed by atoms with Crippen LogP contribution in [0.2, 0.25) is 0 Å². The molecule has 0 saturated carbocycles. The Morgan fingerprint density at radius 3 is 2.77 bits per heavy atom. The predicted octanol–water partition coefficient (Wildman–Crippen LogP) is 2.82. The number of rotatable bonds is 6. The topological polar surface area (TPSA) is 63.2 Å². The van der Waals surface area contributed by atoms with Gasteiger partial charge in [-0.2, -0.15) is 0 Å². The molecular weight excluding hydrogens is 278 g/mol. The molecule has 0 unspecified atom stereocenters. The van der Waals surface area contributed by atoms with Crippen LogP contribution in [0.4, 0.5) is 11.4 Å². The van der Waals surface area contributed by atoms with Crippen LogP contribution in [0.1, 0.15) is 21.6 Å². The lowest BCUT2D eigenvalue weighted by molar-refractivity contribution is 0.0932. The van der Waals surface area contributed by atoms with Gasteiger partial charge in [0.25, 0.3) is 5.91 Å². The number of amides is 1. The first-order valence-corrected chi connectivity index (χ1v) is 7.17. The molecule has 2 aromatic rings. The first-order valence-electron chi connectivity index (χ1n) is 7.17. The number of carbonyl (C=O) groups is 1. The van der Waals surface area contributed by atoms with E-state index < -0.39 is 0 Å². The van der Waals surface area contributed by atoms with Crippen molar-refractivity contribution in [2.24, 2.45) is 0 Å². The number of pyridine rings is 1. The molecule has 116 valence electrons. The standard InChI is InChI=1S/C17H21N3O2/c1-12-4-5-15(13(2)10-12)20-14-6-7-18-16(11-14)17(21)19-8-9-22-3/h4-7,10-11H,8-9H2,1-3H3,(H,18,20)(H,19,21). The largest absolute Gasteiger partial charge is 0.383 e. The van der Waals surface area contributed by atoms with Crippen molar-refractivity contribution >= 4 is 17.3 Å². The van der Waals surface area contributed by atoms with Gasteiger partial charge in [-0.15, -0.1) is 0 Å². The van der Waals surface area contributed by atoms with Gasteiger partial charge in [0.05, 0.1) is 6.61 Å². The summed E-state index contributed by atoms with van der Waals surface area (Å²) in [7, 11) is 1.60. The summed E-state index contributed by atoms with van der Waals surface area (Å²) >= 11 is 0. The molecule has 0 bridgehead atoms. The molecule has 5 heteroatoms. The molecule has 0 aliphatic rings. The quantitative estimate of drug-likeness (QED) is 0.805. The molecule has 0 aliphatic carbocycles. The molecule has 2 N–H and O–H groups in total. The van der Waals surface area contributed by atoms with Crippen LogP contribution in [0.25, 0.3) is 0 Å². The first-order chi connectivity index (χ1) is 10.6. The third-order valence-electron chi connectivity index (χ3n) is 3.25. The number of ether oxygens (including phenoxy) is 1. The third-order valence-corrected chi connectivity index (χ3v) is 3.25. The van der Waals surface area contributed by atoms with E-state index in [2.05, 4.69) is 41.6 Å². The molecule has 1 heterocycles. The lowest BCUT2D eigenvalue weighted by Gasteiger charge is -2.11. The van der Waals surface area contributed by atoms with Crippen LogP contribution in [-0.2, 0) is 4.74 Å². The van der Waals surface area contributed by atoms with E-state index in [4.69, 9.17) is 4.74 Å². The molecule has 0 spiro atoms. The molecule has 0 atom stereocenters. The Kier molecular flexibility index (Phi) is 5.49. The Morgan fingerprint density at radius 2 is 2.05 bits per heavy atom. The Labute approximate surface area is 130 Å². The summed E-state index contributed by atoms with van der Waals surface area (Å²) in [6.45, 7) is 5.05. The van der Waals surface area contributed by atoms with Gasteiger partial charge in [0, 0.05) is 31.2 Å². The average Bonchev–Trinajstić information content (AvgIpc) is 2.50. The van der Waals surface area contributed by atoms with Gasteiger partial charge in [0.2, 0.25) is 0 Å². The molecule has 0 saturated heterocycles. The smallest absolute Gasteiger partial charge is 0.270 e. The van der Waals surface area contributed by atoms with Gasteiger partial charge >= 0.3 is 0 Å². The van der Waals surface area contributed by atoms with Gasteiger partial charge in [0.1, 0.15) is 5.69 Å². The van der Waals surface area contributed by atoms with Crippen LogP contribution in [0.5, 0.6) is 0 Å². The monoisotopic (exact) mass is 299 g/mol. The number of aromatic nitrogens is 1. The minimum Gasteiger partial charge on any atom is -0.383 e. The zero-order chi connectivity index (χ0) is 15.9. The van der Waals surface area contributed by atoms with Crippen molar-refractivity contribution in [3.8, 4) is 0 Å². The maximum Gasteiger partial charge on any atom is 0.270 e. The minimum atomic E-state index is -0.207. The predicted molar refractivity (Wildman–Crippen MR) is 87.6 cm³/mol. The Balaban J connectivity index is 2.09. The fourth-order valence-electron chi connectivity index (χ4n) is 2.10. The van der Waals surface area contributed by atoms with E-state index in [9.17, 15) is 4.79 Å². The Morgan fingerprint density at radius 1 is 1.23 bits per heavy atom. The highest BCUT2D eigenvalue weighted by Gasteiger charge is 2.08. The number of anilines is 2. The fraction of sp³-hybridized carbons (Fsp3) is 0.294. The molecule has 1 aromatic heterocycles. The van der Waals surface area contributed by atoms with Crippen molar-refractivity contribution in [2.45, 2.75) is 13.8 Å². The number of benzene rings is 1. The molecule has 2 rings (SSSR count). The van der Waals surface area contributed by atoms with Crippen LogP contribution in [-0.4, -0.2) is 31.2 Å². The third kappa shape index (κ3) is 4.30. The van der Waals surface area contributed by atoms with E-state index in [0.29, 0.717) is 18.8 Å². The van der Waals surface area contributed by atoms with E-state index >= 15 is 0 Å². The molecule has 22 heavy (non-hydrogen) atoms. The number of nitrogens with one attached hydrogen (secondary N) is 2. The maximum atomic E-state index is 12.0. The lowest BCUT2D eigenvalue weighted by atomic mass is 10.1. The average molecular weight is 299 g/mol. The van der Waals surface area contributed by atoms with Crippen LogP contribution < -0.4 is 10.6 Å². The number of hydrogen-bond acceptors (Lipinski definition) is 4. The fourth-order valence-corrected chi connectivity index (χ4v) is 2.10. The van der Waals surface area contributed by atoms with E-state index in [1.807, 2.05) is 12.1 Å². The van der Waals surface area contributed by atoms with Gasteiger partial charge in [-0.25, -0.2) is 0 Å². The summed E-state index contributed by atoms with van der Waals surface area (Å²) in [4.78, 5) is 16.1. The van der Waals surface area contributed by atoms with Crippen molar-refractivity contribution in [3.05, 3.63) is 53.3 Å². The maximum absolute atomic E-state index is 12.0. The van der Waals surface area contributed by atoms with Gasteiger partial charge in [0.15, 0.2) is 0 Å². The molecular formula is C17H21N3O2. The van der Waals surface area contributed by atoms with Crippen LogP contribution in [0.3, 0.4) is 0 Å². The van der Waals surface area contributed by atoms with Crippen molar-refractivity contribution in [1.82, 2.24) is 10.3 Å². The minimum absolute atomic E-state index is 0.207. The van der Waals surface area contributed by atoms with Crippen molar-refractivity contribution in [2.75, 3.05) is 25.6 Å². The summed E-state index contributed by atoms with van der Waals surface area (Å²) in [6, 6.07) is 9.77. The number of hydrogen-bond donors (Lipinski definition) is 2. The van der Waals surface area contributed by atoms with Crippen molar-refractivity contribution < 1.29 is 9.53 Å². The highest BCUT2D eigenvalue weighted by molar-refractivity contribution is 5.93. The summed E-state index contributed by atoms with van der Waals surface area (Å²) < 4.78 is 4.91. The highest BCUT2D eigenvalue weighted by atomic mass is 16.5. The van der Waals surface area contributed by atoms with Crippen molar-refractivity contribution in [3.63, 3.8) is 0 Å². The summed E-state index contributed by atoms with van der Waals surface area (Å²) in [6.07, 6.45) is 1.62. The zero-order valence-electron chi connectivity index (χ0n) is 13.1. The van der Waals surface area contributed by atoms with Crippen LogP contribution >= 0.6 is 0 Å². The normalized spacial score (nSPS) is 10.3. The number of carbonyl (C=O) groups excluding carboxylic acids is 1. The molecule has 5 nitrogen and oxygen atoms in total. The van der Waals surface area contributed by atoms with E-state index in [1.165, 1.54) is 5.56 Å². The summed E-state index contributed by atoms with van der Waals surface area (Å²) in [5.41, 5.74) is 4.60. The highest BCUT2D eigenvalue weighted by Crippen LogP contribution is 2.21. The van der Waals surface area contributed by atoms with Crippen LogP contribution in [0.15, 0.2) is 36.5 Å². The molecule has 0 aliphatic heterocycles. The Bertz CT molecular complexity index is 656. The molecule has 1 amide bonds. The SMILES string of the molecule is COCCNC(=O)c1cc(Nc2ccc(C)cc2C)ccn1. The van der Waals surface area contributed by atoms with Crippen LogP contribution in [0, 0.1) is 13.8 Å². The molecule has 1 aromatic carbocycles. The first kappa shape index (κ1) is 16.0. The van der Waals surface area contributed by atoms with E-state index in [0.717, 1.165) is 16.9 Å². The zero-order valence-corrected chi connectivity index (χ0v) is 13.1. The Hall–Kier alpha value is -2.40. The second-order valence-corrected chi connectivity index (χ2v) is 5.12. The number of methoxy groups -OCH3 is 1. The second kappa shape index (κ2) is 7.56. The summed E-state index contributed by atoms with van der Waals surface area (Å²) in [5, 5.41) is 6.07. The van der Waals surface area contributed by atoms with Gasteiger partial charge < -0.3 is 15.4 Å². The molecule has 0 radical (unpaired) electrons. The van der Waals surface area contributed by atoms with E-state index in [-0.39, 0.29) is 5.91 Å². The van der Waals surface area contributed by atoms with Gasteiger partial charge in [-0.05, 0) is 37.6 Å². The summed E-state index contributed by atoms with van der Waals surface area (Å²) in [5.74, 6) is -0.207. The van der Waals surface area contributed by atoms with Gasteiger partial charge in [-0.1, -0.05) is 17.7 Å². The van der Waals surface area contributed by atoms with Crippen molar-refractivity contribution in [1.29, 1.82) is 0 Å². The van der Waals surface area contributed by atoms with E-state index in [1.54, 1.807) is 19.4 Å². The number of aryl methyl sites for hydroxylation is 2. The molecule has 0 fully saturated rings. The van der Waals surface area contributed by atoms with Gasteiger partial charge in [-0.3, -0.25) is 9.78 Å². The lowest BCUT2D eigenvalue weighted by Crippen LogP contribution is -2.27.